The first-order valence-electron chi connectivity index (χ1n) is 4.67. The molecule has 0 fully saturated rings. The highest BCUT2D eigenvalue weighted by atomic mass is 32.1. The van der Waals surface area contributed by atoms with Gasteiger partial charge >= 0.3 is 0 Å². The molecule has 2 aromatic rings. The molecule has 3 N–H and O–H groups in total. The van der Waals surface area contributed by atoms with E-state index in [1.807, 2.05) is 13.1 Å². The number of nitrogens with two attached hydrogens (primary N) is 1. The lowest BCUT2D eigenvalue weighted by atomic mass is 10.2. The number of hydrogen-bond donors (Lipinski definition) is 2. The fourth-order valence-electron chi connectivity index (χ4n) is 1.28. The van der Waals surface area contributed by atoms with Crippen LogP contribution in [0, 0.1) is 0 Å². The number of aromatic nitrogens is 3. The number of nitrogens with one attached hydrogen (secondary N) is 1. The van der Waals surface area contributed by atoms with Crippen molar-refractivity contribution in [3.63, 3.8) is 0 Å². The van der Waals surface area contributed by atoms with Crippen LogP contribution in [0.5, 0.6) is 0 Å². The summed E-state index contributed by atoms with van der Waals surface area (Å²) in [4.78, 5) is 4.53. The lowest BCUT2D eigenvalue weighted by molar-refractivity contribution is 0.776. The molecular weight excluding hydrogens is 222 g/mol. The van der Waals surface area contributed by atoms with E-state index in [1.54, 1.807) is 29.2 Å². The van der Waals surface area contributed by atoms with Crippen molar-refractivity contribution in [2.45, 2.75) is 0 Å². The average Bonchev–Trinajstić information content (AvgIpc) is 2.65. The van der Waals surface area contributed by atoms with Gasteiger partial charge in [0.05, 0.1) is 6.20 Å². The van der Waals surface area contributed by atoms with Crippen LogP contribution in [0.1, 0.15) is 5.56 Å². The van der Waals surface area contributed by atoms with Gasteiger partial charge in [0, 0.05) is 24.9 Å². The molecule has 5 nitrogen and oxygen atoms in total. The van der Waals surface area contributed by atoms with Gasteiger partial charge in [-0.1, -0.05) is 12.2 Å². The summed E-state index contributed by atoms with van der Waals surface area (Å²) >= 11 is 4.90. The highest BCUT2D eigenvalue weighted by molar-refractivity contribution is 7.80. The topological polar surface area (TPSA) is 68.8 Å². The second kappa shape index (κ2) is 4.28. The Morgan fingerprint density at radius 3 is 2.88 bits per heavy atom. The predicted octanol–water partition coefficient (Wildman–Crippen LogP) is 1.19. The third-order valence-electron chi connectivity index (χ3n) is 2.12. The van der Waals surface area contributed by atoms with Gasteiger partial charge in [-0.3, -0.25) is 4.68 Å². The molecule has 0 saturated heterocycles. The van der Waals surface area contributed by atoms with Gasteiger partial charge in [-0.05, 0) is 12.1 Å². The summed E-state index contributed by atoms with van der Waals surface area (Å²) in [5, 5.41) is 7.17. The van der Waals surface area contributed by atoms with Crippen molar-refractivity contribution in [2.24, 2.45) is 12.8 Å². The molecule has 0 atom stereocenters. The van der Waals surface area contributed by atoms with Gasteiger partial charge < -0.3 is 11.1 Å². The minimum absolute atomic E-state index is 0.357. The largest absolute Gasteiger partial charge is 0.389 e. The summed E-state index contributed by atoms with van der Waals surface area (Å²) in [5.41, 5.74) is 6.33. The number of pyridine rings is 1. The third kappa shape index (κ3) is 2.17. The summed E-state index contributed by atoms with van der Waals surface area (Å²) in [5.74, 6) is 1.54. The Balaban J connectivity index is 2.25. The summed E-state index contributed by atoms with van der Waals surface area (Å²) in [6.45, 7) is 0. The van der Waals surface area contributed by atoms with Crippen LogP contribution in [0.3, 0.4) is 0 Å². The minimum atomic E-state index is 0.357. The van der Waals surface area contributed by atoms with Crippen molar-refractivity contribution in [3.05, 3.63) is 36.2 Å². The summed E-state index contributed by atoms with van der Waals surface area (Å²) < 4.78 is 1.72. The fourth-order valence-corrected chi connectivity index (χ4v) is 1.41. The van der Waals surface area contributed by atoms with E-state index in [1.165, 1.54) is 0 Å². The first-order chi connectivity index (χ1) is 7.66. The summed E-state index contributed by atoms with van der Waals surface area (Å²) in [6, 6.07) is 5.43. The Bertz CT molecular complexity index is 519. The highest BCUT2D eigenvalue weighted by Crippen LogP contribution is 2.13. The number of anilines is 2. The van der Waals surface area contributed by atoms with Crippen LogP contribution in [0.25, 0.3) is 0 Å². The molecule has 0 spiro atoms. The zero-order valence-corrected chi connectivity index (χ0v) is 9.53. The molecule has 0 radical (unpaired) electrons. The van der Waals surface area contributed by atoms with Crippen LogP contribution < -0.4 is 11.1 Å². The first kappa shape index (κ1) is 10.6. The van der Waals surface area contributed by atoms with Gasteiger partial charge in [-0.25, -0.2) is 4.98 Å². The normalized spacial score (nSPS) is 10.1. The second-order valence-electron chi connectivity index (χ2n) is 3.26. The molecule has 16 heavy (non-hydrogen) atoms. The van der Waals surface area contributed by atoms with E-state index in [9.17, 15) is 0 Å². The first-order valence-corrected chi connectivity index (χ1v) is 5.08. The van der Waals surface area contributed by atoms with Gasteiger partial charge in [-0.15, -0.1) is 0 Å². The molecule has 0 unspecified atom stereocenters. The Hall–Kier alpha value is -1.95. The zero-order chi connectivity index (χ0) is 11.5. The van der Waals surface area contributed by atoms with Crippen LogP contribution in [-0.4, -0.2) is 19.8 Å². The second-order valence-corrected chi connectivity index (χ2v) is 3.70. The van der Waals surface area contributed by atoms with Crippen LogP contribution in [-0.2, 0) is 7.05 Å². The number of rotatable bonds is 3. The van der Waals surface area contributed by atoms with Crippen LogP contribution >= 0.6 is 12.2 Å². The monoisotopic (exact) mass is 233 g/mol. The lowest BCUT2D eigenvalue weighted by Crippen LogP contribution is -2.10. The third-order valence-corrected chi connectivity index (χ3v) is 2.36. The van der Waals surface area contributed by atoms with E-state index in [0.29, 0.717) is 10.8 Å². The number of hydrogen-bond acceptors (Lipinski definition) is 4. The Labute approximate surface area is 98.3 Å². The van der Waals surface area contributed by atoms with Gasteiger partial charge in [0.1, 0.15) is 16.6 Å². The van der Waals surface area contributed by atoms with Crippen molar-refractivity contribution >= 4 is 28.8 Å². The zero-order valence-electron chi connectivity index (χ0n) is 8.71. The van der Waals surface area contributed by atoms with Crippen molar-refractivity contribution in [2.75, 3.05) is 5.32 Å². The van der Waals surface area contributed by atoms with E-state index < -0.39 is 0 Å². The van der Waals surface area contributed by atoms with E-state index in [4.69, 9.17) is 18.0 Å². The average molecular weight is 233 g/mol. The van der Waals surface area contributed by atoms with E-state index in [0.717, 1.165) is 11.4 Å². The van der Waals surface area contributed by atoms with Gasteiger partial charge in [-0.2, -0.15) is 5.10 Å². The maximum atomic E-state index is 5.54. The minimum Gasteiger partial charge on any atom is -0.389 e. The molecule has 0 aliphatic heterocycles. The molecule has 0 aliphatic rings. The SMILES string of the molecule is Cn1nccc1Nc1cc(C(N)=S)ccn1. The van der Waals surface area contributed by atoms with Gasteiger partial charge in [0.2, 0.25) is 0 Å². The smallest absolute Gasteiger partial charge is 0.132 e. The summed E-state index contributed by atoms with van der Waals surface area (Å²) in [7, 11) is 1.85. The molecule has 0 amide bonds. The van der Waals surface area contributed by atoms with Crippen molar-refractivity contribution in [3.8, 4) is 0 Å². The molecule has 2 rings (SSSR count). The maximum absolute atomic E-state index is 5.54. The molecule has 2 heterocycles. The molecule has 2 aromatic heterocycles. The van der Waals surface area contributed by atoms with Crippen LogP contribution in [0.2, 0.25) is 0 Å². The predicted molar refractivity (Wildman–Crippen MR) is 66.6 cm³/mol. The number of aryl methyl sites for hydroxylation is 1. The fraction of sp³-hybridized carbons (Fsp3) is 0.100. The molecule has 0 saturated carbocycles. The van der Waals surface area contributed by atoms with E-state index in [-0.39, 0.29) is 0 Å². The molecule has 82 valence electrons. The van der Waals surface area contributed by atoms with Crippen LogP contribution in [0.4, 0.5) is 11.6 Å². The van der Waals surface area contributed by atoms with Crippen LogP contribution in [0.15, 0.2) is 30.6 Å². The van der Waals surface area contributed by atoms with Crippen molar-refractivity contribution < 1.29 is 0 Å². The Morgan fingerprint density at radius 1 is 1.44 bits per heavy atom. The number of nitrogens with zero attached hydrogens (tertiary/aromatic N) is 3. The van der Waals surface area contributed by atoms with Gasteiger partial charge in [0.15, 0.2) is 0 Å². The maximum Gasteiger partial charge on any atom is 0.132 e. The molecule has 6 heteroatoms. The van der Waals surface area contributed by atoms with Gasteiger partial charge in [0.25, 0.3) is 0 Å². The van der Waals surface area contributed by atoms with E-state index >= 15 is 0 Å². The summed E-state index contributed by atoms with van der Waals surface area (Å²) in [6.07, 6.45) is 3.37. The standard InChI is InChI=1S/C10H11N5S/c1-15-9(3-5-13-15)14-8-6-7(10(11)16)2-4-12-8/h2-6H,1H3,(H2,11,16)(H,12,14). The Kier molecular flexibility index (Phi) is 2.82. The lowest BCUT2D eigenvalue weighted by Gasteiger charge is -2.06. The van der Waals surface area contributed by atoms with Crippen molar-refractivity contribution in [1.82, 2.24) is 14.8 Å². The van der Waals surface area contributed by atoms with E-state index in [2.05, 4.69) is 15.4 Å². The Morgan fingerprint density at radius 2 is 2.25 bits per heavy atom. The molecular formula is C10H11N5S. The van der Waals surface area contributed by atoms with Crippen molar-refractivity contribution in [1.29, 1.82) is 0 Å². The highest BCUT2D eigenvalue weighted by Gasteiger charge is 2.02. The quantitative estimate of drug-likeness (QED) is 0.779. The molecule has 0 bridgehead atoms. The molecule has 0 aliphatic carbocycles. The molecule has 0 aromatic carbocycles. The number of thiocarbonyl (C=S) groups is 1.